The number of hydrogen-bond donors (Lipinski definition) is 1. The first kappa shape index (κ1) is 14.8. The van der Waals surface area contributed by atoms with Crippen molar-refractivity contribution in [3.63, 3.8) is 0 Å². The minimum absolute atomic E-state index is 0.698. The molecule has 0 aliphatic carbocycles. The highest BCUT2D eigenvalue weighted by Gasteiger charge is 2.21. The topological polar surface area (TPSA) is 54.3 Å². The monoisotopic (exact) mass is 278 g/mol. The fourth-order valence-electron chi connectivity index (χ4n) is 2.41. The molecule has 0 bridgehead atoms. The van der Waals surface area contributed by atoms with Gasteiger partial charge in [-0.05, 0) is 12.5 Å². The Hall–Kier alpha value is -1.59. The standard InChI is InChI=1S/C15H22N2O3/c1-19-10-4-11-20-12-9-17-8-7-14(16-18)13-5-2-3-6-15(13)17/h2-3,5-6,18H,4,7-12H2,1H3/b16-14-. The van der Waals surface area contributed by atoms with E-state index in [2.05, 4.69) is 16.1 Å². The summed E-state index contributed by atoms with van der Waals surface area (Å²) in [5.74, 6) is 0. The van der Waals surface area contributed by atoms with E-state index < -0.39 is 0 Å². The number of fused-ring (bicyclic) bond motifs is 1. The Morgan fingerprint density at radius 1 is 1.25 bits per heavy atom. The van der Waals surface area contributed by atoms with E-state index in [0.29, 0.717) is 6.61 Å². The average molecular weight is 278 g/mol. The molecule has 1 aromatic carbocycles. The van der Waals surface area contributed by atoms with Crippen LogP contribution in [0.2, 0.25) is 0 Å². The summed E-state index contributed by atoms with van der Waals surface area (Å²) < 4.78 is 10.6. The van der Waals surface area contributed by atoms with E-state index in [1.54, 1.807) is 7.11 Å². The normalized spacial score (nSPS) is 16.4. The van der Waals surface area contributed by atoms with Gasteiger partial charge in [-0.25, -0.2) is 0 Å². The van der Waals surface area contributed by atoms with Crippen molar-refractivity contribution < 1.29 is 14.7 Å². The Bertz CT molecular complexity index is 448. The van der Waals surface area contributed by atoms with Gasteiger partial charge < -0.3 is 19.6 Å². The largest absolute Gasteiger partial charge is 0.411 e. The third-order valence-electron chi connectivity index (χ3n) is 3.44. The summed E-state index contributed by atoms with van der Waals surface area (Å²) in [6.45, 7) is 3.87. The number of methoxy groups -OCH3 is 1. The van der Waals surface area contributed by atoms with Crippen LogP contribution in [0.1, 0.15) is 18.4 Å². The van der Waals surface area contributed by atoms with Crippen molar-refractivity contribution in [3.8, 4) is 0 Å². The van der Waals surface area contributed by atoms with Crippen molar-refractivity contribution in [1.82, 2.24) is 0 Å². The van der Waals surface area contributed by atoms with Gasteiger partial charge in [0, 0.05) is 51.1 Å². The van der Waals surface area contributed by atoms with Gasteiger partial charge in [-0.2, -0.15) is 0 Å². The van der Waals surface area contributed by atoms with Gasteiger partial charge in [-0.3, -0.25) is 0 Å². The Labute approximate surface area is 119 Å². The van der Waals surface area contributed by atoms with E-state index in [4.69, 9.17) is 14.7 Å². The first-order valence-corrected chi connectivity index (χ1v) is 6.98. The van der Waals surface area contributed by atoms with E-state index >= 15 is 0 Å². The molecule has 1 aromatic rings. The number of oxime groups is 1. The van der Waals surface area contributed by atoms with Crippen molar-refractivity contribution in [2.45, 2.75) is 12.8 Å². The molecule has 0 aromatic heterocycles. The predicted octanol–water partition coefficient (Wildman–Crippen LogP) is 2.13. The summed E-state index contributed by atoms with van der Waals surface area (Å²) in [6, 6.07) is 8.03. The van der Waals surface area contributed by atoms with Crippen LogP contribution in [0.15, 0.2) is 29.4 Å². The number of benzene rings is 1. The Kier molecular flexibility index (Phi) is 5.83. The van der Waals surface area contributed by atoms with Crippen LogP contribution in [0.5, 0.6) is 0 Å². The SMILES string of the molecule is COCCCOCCN1CC/C(=N/O)c2ccccc21. The maximum Gasteiger partial charge on any atom is 0.0906 e. The first-order chi connectivity index (χ1) is 9.86. The van der Waals surface area contributed by atoms with Crippen molar-refractivity contribution in [1.29, 1.82) is 0 Å². The lowest BCUT2D eigenvalue weighted by Gasteiger charge is -2.31. The molecule has 0 atom stereocenters. The molecule has 110 valence electrons. The summed E-state index contributed by atoms with van der Waals surface area (Å²) in [7, 11) is 1.70. The number of ether oxygens (including phenoxy) is 2. The molecule has 0 radical (unpaired) electrons. The molecule has 0 saturated carbocycles. The van der Waals surface area contributed by atoms with Crippen LogP contribution >= 0.6 is 0 Å². The molecule has 0 spiro atoms. The molecule has 1 aliphatic rings. The predicted molar refractivity (Wildman–Crippen MR) is 78.9 cm³/mol. The van der Waals surface area contributed by atoms with Crippen molar-refractivity contribution in [3.05, 3.63) is 29.8 Å². The van der Waals surface area contributed by atoms with Gasteiger partial charge in [0.15, 0.2) is 0 Å². The first-order valence-electron chi connectivity index (χ1n) is 6.98. The quantitative estimate of drug-likeness (QED) is 0.471. The Balaban J connectivity index is 1.87. The Morgan fingerprint density at radius 3 is 2.90 bits per heavy atom. The van der Waals surface area contributed by atoms with E-state index in [1.165, 1.54) is 0 Å². The fraction of sp³-hybridized carbons (Fsp3) is 0.533. The van der Waals surface area contributed by atoms with Crippen LogP contribution in [0.3, 0.4) is 0 Å². The lowest BCUT2D eigenvalue weighted by molar-refractivity contribution is 0.107. The van der Waals surface area contributed by atoms with Crippen LogP contribution < -0.4 is 4.90 Å². The number of rotatable bonds is 7. The van der Waals surface area contributed by atoms with E-state index in [1.807, 2.05) is 18.2 Å². The highest BCUT2D eigenvalue weighted by Crippen LogP contribution is 2.26. The van der Waals surface area contributed by atoms with Crippen LogP contribution in [-0.2, 0) is 9.47 Å². The maximum atomic E-state index is 9.05. The molecular formula is C15H22N2O3. The molecule has 5 nitrogen and oxygen atoms in total. The fourth-order valence-corrected chi connectivity index (χ4v) is 2.41. The molecule has 0 saturated heterocycles. The van der Waals surface area contributed by atoms with Crippen LogP contribution in [-0.4, -0.2) is 50.9 Å². The summed E-state index contributed by atoms with van der Waals surface area (Å²) >= 11 is 0. The Morgan fingerprint density at radius 2 is 2.10 bits per heavy atom. The third-order valence-corrected chi connectivity index (χ3v) is 3.44. The van der Waals surface area contributed by atoms with Gasteiger partial charge in [0.05, 0.1) is 12.3 Å². The van der Waals surface area contributed by atoms with Gasteiger partial charge in [-0.15, -0.1) is 0 Å². The minimum atomic E-state index is 0.698. The van der Waals surface area contributed by atoms with Crippen molar-refractivity contribution in [2.24, 2.45) is 5.16 Å². The molecule has 1 heterocycles. The zero-order valence-corrected chi connectivity index (χ0v) is 11.9. The van der Waals surface area contributed by atoms with Crippen LogP contribution in [0.4, 0.5) is 5.69 Å². The minimum Gasteiger partial charge on any atom is -0.411 e. The third kappa shape index (κ3) is 3.71. The molecule has 1 N–H and O–H groups in total. The number of nitrogens with zero attached hydrogens (tertiary/aromatic N) is 2. The lowest BCUT2D eigenvalue weighted by atomic mass is 10.00. The number of anilines is 1. The van der Waals surface area contributed by atoms with Crippen molar-refractivity contribution >= 4 is 11.4 Å². The van der Waals surface area contributed by atoms with Crippen LogP contribution in [0, 0.1) is 0 Å². The van der Waals surface area contributed by atoms with Gasteiger partial charge in [0.25, 0.3) is 0 Å². The zero-order valence-electron chi connectivity index (χ0n) is 11.9. The van der Waals surface area contributed by atoms with E-state index in [9.17, 15) is 0 Å². The zero-order chi connectivity index (χ0) is 14.2. The highest BCUT2D eigenvalue weighted by molar-refractivity contribution is 6.06. The lowest BCUT2D eigenvalue weighted by Crippen LogP contribution is -2.35. The second-order valence-corrected chi connectivity index (χ2v) is 4.76. The second-order valence-electron chi connectivity index (χ2n) is 4.76. The maximum absolute atomic E-state index is 9.05. The smallest absolute Gasteiger partial charge is 0.0906 e. The molecule has 0 amide bonds. The molecule has 20 heavy (non-hydrogen) atoms. The van der Waals surface area contributed by atoms with Gasteiger partial charge in [-0.1, -0.05) is 23.4 Å². The second kappa shape index (κ2) is 7.87. The van der Waals surface area contributed by atoms with E-state index in [-0.39, 0.29) is 0 Å². The van der Waals surface area contributed by atoms with Gasteiger partial charge in [0.1, 0.15) is 0 Å². The molecule has 1 aliphatic heterocycles. The summed E-state index contributed by atoms with van der Waals surface area (Å²) in [6.07, 6.45) is 1.69. The molecule has 5 heteroatoms. The molecule has 2 rings (SSSR count). The molecule has 0 fully saturated rings. The van der Waals surface area contributed by atoms with Gasteiger partial charge >= 0.3 is 0 Å². The van der Waals surface area contributed by atoms with E-state index in [0.717, 1.165) is 56.1 Å². The average Bonchev–Trinajstić information content (AvgIpc) is 2.50. The summed E-state index contributed by atoms with van der Waals surface area (Å²) in [5.41, 5.74) is 2.89. The molecule has 0 unspecified atom stereocenters. The van der Waals surface area contributed by atoms with Gasteiger partial charge in [0.2, 0.25) is 0 Å². The molecular weight excluding hydrogens is 256 g/mol. The highest BCUT2D eigenvalue weighted by atomic mass is 16.5. The summed E-state index contributed by atoms with van der Waals surface area (Å²) in [5, 5.41) is 12.5. The number of hydrogen-bond acceptors (Lipinski definition) is 5. The number of para-hydroxylation sites is 1. The van der Waals surface area contributed by atoms with Crippen LogP contribution in [0.25, 0.3) is 0 Å². The summed E-state index contributed by atoms with van der Waals surface area (Å²) in [4.78, 5) is 2.28. The van der Waals surface area contributed by atoms with Crippen molar-refractivity contribution in [2.75, 3.05) is 44.9 Å².